The second kappa shape index (κ2) is 4.15. The maximum absolute atomic E-state index is 11.8. The van der Waals surface area contributed by atoms with Crippen molar-refractivity contribution in [3.63, 3.8) is 0 Å². The molecule has 94 valence electrons. The molecule has 1 heterocycles. The SMILES string of the molecule is CC1CC1CNS(=O)(=O)c1c[nH]c(C(=O)O)c1. The molecule has 17 heavy (non-hydrogen) atoms. The predicted octanol–water partition coefficient (Wildman–Crippen LogP) is 0.647. The topological polar surface area (TPSA) is 99.3 Å². The van der Waals surface area contributed by atoms with Crippen LogP contribution >= 0.6 is 0 Å². The average molecular weight is 258 g/mol. The number of sulfonamides is 1. The number of hydrogen-bond acceptors (Lipinski definition) is 3. The fourth-order valence-corrected chi connectivity index (χ4v) is 2.72. The summed E-state index contributed by atoms with van der Waals surface area (Å²) in [5.74, 6) is -0.205. The molecule has 7 heteroatoms. The smallest absolute Gasteiger partial charge is 0.352 e. The molecule has 0 aliphatic heterocycles. The summed E-state index contributed by atoms with van der Waals surface area (Å²) < 4.78 is 26.0. The first-order valence-corrected chi connectivity index (χ1v) is 6.80. The molecule has 1 aromatic heterocycles. The van der Waals surface area contributed by atoms with Gasteiger partial charge in [0.05, 0.1) is 0 Å². The Hall–Kier alpha value is -1.34. The summed E-state index contributed by atoms with van der Waals surface area (Å²) in [6.07, 6.45) is 2.22. The fraction of sp³-hybridized carbons (Fsp3) is 0.500. The van der Waals surface area contributed by atoms with Crippen LogP contribution in [0.4, 0.5) is 0 Å². The van der Waals surface area contributed by atoms with Gasteiger partial charge in [-0.2, -0.15) is 0 Å². The molecule has 0 spiro atoms. The van der Waals surface area contributed by atoms with E-state index in [1.807, 2.05) is 0 Å². The van der Waals surface area contributed by atoms with E-state index >= 15 is 0 Å². The number of carboxylic acid groups (broad SMARTS) is 1. The van der Waals surface area contributed by atoms with Crippen molar-refractivity contribution < 1.29 is 18.3 Å². The molecule has 6 nitrogen and oxygen atoms in total. The standard InChI is InChI=1S/C10H14N2O4S/c1-6-2-7(6)4-12-17(15,16)8-3-9(10(13)14)11-5-8/h3,5-7,11-12H,2,4H2,1H3,(H,13,14). The lowest BCUT2D eigenvalue weighted by molar-refractivity contribution is 0.0691. The van der Waals surface area contributed by atoms with Crippen LogP contribution in [0.1, 0.15) is 23.8 Å². The lowest BCUT2D eigenvalue weighted by Crippen LogP contribution is -2.25. The largest absolute Gasteiger partial charge is 0.477 e. The van der Waals surface area contributed by atoms with Crippen molar-refractivity contribution in [2.24, 2.45) is 11.8 Å². The summed E-state index contributed by atoms with van der Waals surface area (Å²) >= 11 is 0. The van der Waals surface area contributed by atoms with Crippen LogP contribution < -0.4 is 4.72 Å². The van der Waals surface area contributed by atoms with E-state index in [0.29, 0.717) is 18.4 Å². The van der Waals surface area contributed by atoms with Crippen LogP contribution in [0.15, 0.2) is 17.2 Å². The van der Waals surface area contributed by atoms with Crippen molar-refractivity contribution >= 4 is 16.0 Å². The van der Waals surface area contributed by atoms with Gasteiger partial charge >= 0.3 is 5.97 Å². The van der Waals surface area contributed by atoms with Crippen LogP contribution in [-0.2, 0) is 10.0 Å². The highest BCUT2D eigenvalue weighted by atomic mass is 32.2. The second-order valence-corrected chi connectivity index (χ2v) is 6.15. The lowest BCUT2D eigenvalue weighted by Gasteiger charge is -2.03. The number of carbonyl (C=O) groups is 1. The van der Waals surface area contributed by atoms with Crippen LogP contribution in [-0.4, -0.2) is 31.0 Å². The van der Waals surface area contributed by atoms with E-state index in [1.165, 1.54) is 6.20 Å². The van der Waals surface area contributed by atoms with Crippen molar-refractivity contribution in [3.8, 4) is 0 Å². The molecule has 1 aliphatic carbocycles. The predicted molar refractivity (Wildman–Crippen MR) is 60.2 cm³/mol. The molecular weight excluding hydrogens is 244 g/mol. The Labute approximate surface area is 99.1 Å². The van der Waals surface area contributed by atoms with Gasteiger partial charge in [-0.1, -0.05) is 6.92 Å². The molecule has 2 atom stereocenters. The number of H-pyrrole nitrogens is 1. The fourth-order valence-electron chi connectivity index (χ4n) is 1.64. The van der Waals surface area contributed by atoms with E-state index in [9.17, 15) is 13.2 Å². The molecule has 1 aliphatic rings. The summed E-state index contributed by atoms with van der Waals surface area (Å²) in [4.78, 5) is 13.0. The molecule has 0 radical (unpaired) electrons. The minimum atomic E-state index is -3.60. The molecule has 0 saturated heterocycles. The van der Waals surface area contributed by atoms with E-state index < -0.39 is 16.0 Å². The lowest BCUT2D eigenvalue weighted by atomic mass is 10.3. The Balaban J connectivity index is 2.05. The van der Waals surface area contributed by atoms with E-state index in [1.54, 1.807) is 0 Å². The van der Waals surface area contributed by atoms with Crippen LogP contribution in [0, 0.1) is 11.8 Å². The van der Waals surface area contributed by atoms with Gasteiger partial charge < -0.3 is 10.1 Å². The van der Waals surface area contributed by atoms with Gasteiger partial charge in [-0.15, -0.1) is 0 Å². The number of rotatable bonds is 5. The molecule has 0 bridgehead atoms. The number of hydrogen-bond donors (Lipinski definition) is 3. The van der Waals surface area contributed by atoms with Gasteiger partial charge in [-0.05, 0) is 24.3 Å². The minimum absolute atomic E-state index is 0.0387. The summed E-state index contributed by atoms with van der Waals surface area (Å²) in [6.45, 7) is 2.48. The van der Waals surface area contributed by atoms with Gasteiger partial charge in [-0.25, -0.2) is 17.9 Å². The highest BCUT2D eigenvalue weighted by Crippen LogP contribution is 2.37. The van der Waals surface area contributed by atoms with Gasteiger partial charge in [0.1, 0.15) is 10.6 Å². The van der Waals surface area contributed by atoms with Crippen LogP contribution in [0.5, 0.6) is 0 Å². The molecule has 2 rings (SSSR count). The second-order valence-electron chi connectivity index (χ2n) is 4.38. The van der Waals surface area contributed by atoms with Gasteiger partial charge in [0.25, 0.3) is 0 Å². The summed E-state index contributed by atoms with van der Waals surface area (Å²) in [5.41, 5.74) is -0.134. The first-order chi connectivity index (χ1) is 7.90. The molecule has 0 amide bonds. The summed E-state index contributed by atoms with van der Waals surface area (Å²) in [6, 6.07) is 1.11. The zero-order valence-electron chi connectivity index (χ0n) is 9.30. The number of nitrogens with one attached hydrogen (secondary N) is 2. The molecular formula is C10H14N2O4S. The Morgan fingerprint density at radius 2 is 2.29 bits per heavy atom. The van der Waals surface area contributed by atoms with Crippen molar-refractivity contribution in [2.45, 2.75) is 18.2 Å². The third-order valence-corrected chi connectivity index (χ3v) is 4.41. The number of aromatic carboxylic acids is 1. The molecule has 1 aromatic rings. The van der Waals surface area contributed by atoms with Crippen LogP contribution in [0.25, 0.3) is 0 Å². The number of carboxylic acids is 1. The third kappa shape index (κ3) is 2.67. The van der Waals surface area contributed by atoms with E-state index in [2.05, 4.69) is 16.6 Å². The van der Waals surface area contributed by atoms with Crippen molar-refractivity contribution in [2.75, 3.05) is 6.54 Å². The highest BCUT2D eigenvalue weighted by molar-refractivity contribution is 7.89. The van der Waals surface area contributed by atoms with E-state index in [-0.39, 0.29) is 10.6 Å². The Bertz CT molecular complexity index is 534. The maximum atomic E-state index is 11.8. The molecule has 1 fully saturated rings. The van der Waals surface area contributed by atoms with Gasteiger partial charge in [0.15, 0.2) is 0 Å². The Morgan fingerprint density at radius 1 is 1.65 bits per heavy atom. The zero-order chi connectivity index (χ0) is 12.6. The quantitative estimate of drug-likeness (QED) is 0.722. The van der Waals surface area contributed by atoms with Crippen LogP contribution in [0.2, 0.25) is 0 Å². The Kier molecular flexibility index (Phi) is 2.96. The molecule has 1 saturated carbocycles. The average Bonchev–Trinajstić information content (AvgIpc) is 2.78. The summed E-state index contributed by atoms with van der Waals surface area (Å²) in [7, 11) is -3.60. The highest BCUT2D eigenvalue weighted by Gasteiger charge is 2.33. The maximum Gasteiger partial charge on any atom is 0.352 e. The van der Waals surface area contributed by atoms with Crippen molar-refractivity contribution in [1.82, 2.24) is 9.71 Å². The monoisotopic (exact) mass is 258 g/mol. The third-order valence-electron chi connectivity index (χ3n) is 3.01. The molecule has 0 aromatic carbocycles. The van der Waals surface area contributed by atoms with E-state index in [4.69, 9.17) is 5.11 Å². The minimum Gasteiger partial charge on any atom is -0.477 e. The zero-order valence-corrected chi connectivity index (χ0v) is 10.1. The summed E-state index contributed by atoms with van der Waals surface area (Å²) in [5, 5.41) is 8.68. The van der Waals surface area contributed by atoms with Crippen molar-refractivity contribution in [1.29, 1.82) is 0 Å². The van der Waals surface area contributed by atoms with Gasteiger partial charge in [0.2, 0.25) is 10.0 Å². The van der Waals surface area contributed by atoms with Gasteiger partial charge in [0, 0.05) is 12.7 Å². The van der Waals surface area contributed by atoms with Crippen LogP contribution in [0.3, 0.4) is 0 Å². The van der Waals surface area contributed by atoms with Crippen molar-refractivity contribution in [3.05, 3.63) is 18.0 Å². The first kappa shape index (κ1) is 12.1. The molecule has 3 N–H and O–H groups in total. The van der Waals surface area contributed by atoms with Gasteiger partial charge in [-0.3, -0.25) is 0 Å². The number of aromatic amines is 1. The van der Waals surface area contributed by atoms with E-state index in [0.717, 1.165) is 12.5 Å². The Morgan fingerprint density at radius 3 is 2.76 bits per heavy atom. The normalized spacial score (nSPS) is 23.6. The number of aromatic nitrogens is 1. The molecule has 2 unspecified atom stereocenters. The first-order valence-electron chi connectivity index (χ1n) is 5.31.